The van der Waals surface area contributed by atoms with Gasteiger partial charge >= 0.3 is 0 Å². The zero-order valence-corrected chi connectivity index (χ0v) is 13.9. The van der Waals surface area contributed by atoms with Crippen molar-refractivity contribution in [2.75, 3.05) is 6.54 Å². The molecule has 0 aliphatic rings. The average Bonchev–Trinajstić information content (AvgIpc) is 2.43. The van der Waals surface area contributed by atoms with Gasteiger partial charge in [0.05, 0.1) is 6.07 Å². The monoisotopic (exact) mass is 290 g/mol. The van der Waals surface area contributed by atoms with Gasteiger partial charge in [-0.05, 0) is 38.8 Å². The summed E-state index contributed by atoms with van der Waals surface area (Å²) >= 11 is 1.92. The first-order chi connectivity index (χ1) is 9.49. The molecule has 0 radical (unpaired) electrons. The summed E-state index contributed by atoms with van der Waals surface area (Å²) < 4.78 is 0. The van der Waals surface area contributed by atoms with Gasteiger partial charge in [-0.1, -0.05) is 43.7 Å². The van der Waals surface area contributed by atoms with Crippen molar-refractivity contribution in [3.8, 4) is 6.07 Å². The molecule has 0 heterocycles. The Morgan fingerprint density at radius 2 is 2.20 bits per heavy atom. The van der Waals surface area contributed by atoms with Crippen LogP contribution in [0.25, 0.3) is 0 Å². The normalized spacial score (nSPS) is 15.3. The first-order valence-corrected chi connectivity index (χ1v) is 8.37. The minimum Gasteiger partial charge on any atom is -0.300 e. The van der Waals surface area contributed by atoms with Crippen molar-refractivity contribution >= 4 is 11.8 Å². The molecule has 1 aromatic carbocycles. The van der Waals surface area contributed by atoms with Crippen LogP contribution in [0, 0.1) is 18.3 Å². The zero-order valence-electron chi connectivity index (χ0n) is 13.1. The van der Waals surface area contributed by atoms with Crippen LogP contribution in [-0.2, 0) is 5.75 Å². The Kier molecular flexibility index (Phi) is 7.12. The second-order valence-corrected chi connectivity index (χ2v) is 7.11. The van der Waals surface area contributed by atoms with Crippen LogP contribution in [0.5, 0.6) is 0 Å². The molecule has 110 valence electrons. The quantitative estimate of drug-likeness (QED) is 0.776. The van der Waals surface area contributed by atoms with Crippen molar-refractivity contribution in [1.82, 2.24) is 5.32 Å². The van der Waals surface area contributed by atoms with Crippen molar-refractivity contribution in [3.05, 3.63) is 35.4 Å². The van der Waals surface area contributed by atoms with E-state index in [2.05, 4.69) is 56.4 Å². The lowest BCUT2D eigenvalue weighted by Gasteiger charge is -2.26. The molecular formula is C17H26N2S. The number of aryl methyl sites for hydroxylation is 1. The standard InChI is InChI=1S/C17H26N2S/c1-5-9-19-17(4,13-18)11-15(3)20-12-16-8-6-7-14(2)10-16/h6-8,10,15,19H,5,9,11-12H2,1-4H3. The first kappa shape index (κ1) is 17.1. The van der Waals surface area contributed by atoms with E-state index in [0.29, 0.717) is 5.25 Å². The number of hydrogen-bond acceptors (Lipinski definition) is 3. The highest BCUT2D eigenvalue weighted by molar-refractivity contribution is 7.99. The summed E-state index contributed by atoms with van der Waals surface area (Å²) in [6, 6.07) is 11.1. The fourth-order valence-corrected chi connectivity index (χ4v) is 3.34. The minimum absolute atomic E-state index is 0.408. The topological polar surface area (TPSA) is 35.8 Å². The van der Waals surface area contributed by atoms with Gasteiger partial charge in [0.2, 0.25) is 0 Å². The third-order valence-corrected chi connectivity index (χ3v) is 4.56. The zero-order chi connectivity index (χ0) is 15.0. The predicted octanol–water partition coefficient (Wildman–Crippen LogP) is 4.29. The fraction of sp³-hybridized carbons (Fsp3) is 0.588. The van der Waals surface area contributed by atoms with E-state index >= 15 is 0 Å². The number of nitriles is 1. The van der Waals surface area contributed by atoms with E-state index in [1.807, 2.05) is 18.7 Å². The number of thioether (sulfide) groups is 1. The maximum Gasteiger partial charge on any atom is 0.104 e. The summed E-state index contributed by atoms with van der Waals surface area (Å²) in [7, 11) is 0. The molecule has 0 aromatic heterocycles. The number of nitrogens with one attached hydrogen (secondary N) is 1. The molecular weight excluding hydrogens is 264 g/mol. The second kappa shape index (κ2) is 8.34. The van der Waals surface area contributed by atoms with Crippen molar-refractivity contribution in [3.63, 3.8) is 0 Å². The Bertz CT molecular complexity index is 453. The molecule has 1 aromatic rings. The average molecular weight is 290 g/mol. The lowest BCUT2D eigenvalue weighted by atomic mass is 9.98. The van der Waals surface area contributed by atoms with Crippen LogP contribution >= 0.6 is 11.8 Å². The lowest BCUT2D eigenvalue weighted by Crippen LogP contribution is -2.43. The largest absolute Gasteiger partial charge is 0.300 e. The highest BCUT2D eigenvalue weighted by atomic mass is 32.2. The number of nitrogens with zero attached hydrogens (tertiary/aromatic N) is 1. The summed E-state index contributed by atoms with van der Waals surface area (Å²) in [4.78, 5) is 0. The predicted molar refractivity (Wildman–Crippen MR) is 88.9 cm³/mol. The summed E-state index contributed by atoms with van der Waals surface area (Å²) in [5, 5.41) is 13.2. The van der Waals surface area contributed by atoms with Gasteiger partial charge in [0.15, 0.2) is 0 Å². The molecule has 20 heavy (non-hydrogen) atoms. The molecule has 2 nitrogen and oxygen atoms in total. The molecule has 0 fully saturated rings. The van der Waals surface area contributed by atoms with Crippen LogP contribution in [0.4, 0.5) is 0 Å². The van der Waals surface area contributed by atoms with E-state index in [0.717, 1.165) is 25.1 Å². The molecule has 1 N–H and O–H groups in total. The van der Waals surface area contributed by atoms with Gasteiger partial charge in [-0.15, -0.1) is 0 Å². The first-order valence-electron chi connectivity index (χ1n) is 7.32. The van der Waals surface area contributed by atoms with Gasteiger partial charge < -0.3 is 0 Å². The summed E-state index contributed by atoms with van der Waals surface area (Å²) in [5.41, 5.74) is 2.26. The van der Waals surface area contributed by atoms with Gasteiger partial charge in [0.25, 0.3) is 0 Å². The molecule has 0 saturated heterocycles. The van der Waals surface area contributed by atoms with Gasteiger partial charge in [0, 0.05) is 11.0 Å². The Balaban J connectivity index is 2.46. The van der Waals surface area contributed by atoms with Crippen LogP contribution < -0.4 is 5.32 Å². The number of rotatable bonds is 8. The molecule has 2 atom stereocenters. The number of hydrogen-bond donors (Lipinski definition) is 1. The molecule has 1 rings (SSSR count). The molecule has 0 aliphatic heterocycles. The Hall–Kier alpha value is -0.980. The molecule has 0 aliphatic carbocycles. The summed E-state index contributed by atoms with van der Waals surface area (Å²) in [6.45, 7) is 9.37. The molecule has 0 bridgehead atoms. The van der Waals surface area contributed by atoms with E-state index < -0.39 is 5.54 Å². The lowest BCUT2D eigenvalue weighted by molar-refractivity contribution is 0.418. The van der Waals surface area contributed by atoms with Crippen LogP contribution in [-0.4, -0.2) is 17.3 Å². The summed E-state index contributed by atoms with van der Waals surface area (Å²) in [5.74, 6) is 1.01. The smallest absolute Gasteiger partial charge is 0.104 e. The van der Waals surface area contributed by atoms with Gasteiger partial charge in [-0.2, -0.15) is 17.0 Å². The van der Waals surface area contributed by atoms with E-state index in [1.165, 1.54) is 11.1 Å². The van der Waals surface area contributed by atoms with Crippen LogP contribution in [0.1, 0.15) is 44.7 Å². The molecule has 0 saturated carbocycles. The molecule has 0 amide bonds. The Morgan fingerprint density at radius 3 is 2.80 bits per heavy atom. The Morgan fingerprint density at radius 1 is 1.45 bits per heavy atom. The van der Waals surface area contributed by atoms with Crippen molar-refractivity contribution < 1.29 is 0 Å². The fourth-order valence-electron chi connectivity index (χ4n) is 2.23. The molecule has 2 unspecified atom stereocenters. The third-order valence-electron chi connectivity index (χ3n) is 3.32. The van der Waals surface area contributed by atoms with E-state index in [-0.39, 0.29) is 0 Å². The van der Waals surface area contributed by atoms with Gasteiger partial charge in [-0.25, -0.2) is 0 Å². The minimum atomic E-state index is -0.408. The summed E-state index contributed by atoms with van der Waals surface area (Å²) in [6.07, 6.45) is 1.93. The van der Waals surface area contributed by atoms with E-state index in [1.54, 1.807) is 0 Å². The van der Waals surface area contributed by atoms with Crippen LogP contribution in [0.15, 0.2) is 24.3 Å². The Labute approximate surface area is 128 Å². The molecule has 0 spiro atoms. The van der Waals surface area contributed by atoms with Crippen LogP contribution in [0.2, 0.25) is 0 Å². The van der Waals surface area contributed by atoms with Crippen molar-refractivity contribution in [2.45, 2.75) is 57.1 Å². The van der Waals surface area contributed by atoms with Gasteiger partial charge in [-0.3, -0.25) is 5.32 Å². The maximum atomic E-state index is 9.36. The van der Waals surface area contributed by atoms with Crippen molar-refractivity contribution in [1.29, 1.82) is 5.26 Å². The van der Waals surface area contributed by atoms with Crippen molar-refractivity contribution in [2.24, 2.45) is 0 Å². The highest BCUT2D eigenvalue weighted by Crippen LogP contribution is 2.25. The molecule has 3 heteroatoms. The highest BCUT2D eigenvalue weighted by Gasteiger charge is 2.25. The van der Waals surface area contributed by atoms with E-state index in [4.69, 9.17) is 0 Å². The van der Waals surface area contributed by atoms with Crippen LogP contribution in [0.3, 0.4) is 0 Å². The SMILES string of the molecule is CCCNC(C)(C#N)CC(C)SCc1cccc(C)c1. The maximum absolute atomic E-state index is 9.36. The third kappa shape index (κ3) is 5.98. The second-order valence-electron chi connectivity index (χ2n) is 5.69. The van der Waals surface area contributed by atoms with E-state index in [9.17, 15) is 5.26 Å². The number of benzene rings is 1. The van der Waals surface area contributed by atoms with Gasteiger partial charge in [0.1, 0.15) is 5.54 Å².